The molecular formula is C12H11ClF3NO. The number of nitrogens with one attached hydrogen (secondary N) is 1. The Bertz CT molecular complexity index is 478. The van der Waals surface area contributed by atoms with Crippen molar-refractivity contribution >= 4 is 17.5 Å². The minimum atomic E-state index is -2.64. The van der Waals surface area contributed by atoms with E-state index >= 15 is 0 Å². The van der Waals surface area contributed by atoms with E-state index in [9.17, 15) is 18.0 Å². The summed E-state index contributed by atoms with van der Waals surface area (Å²) in [5, 5.41) is 2.57. The summed E-state index contributed by atoms with van der Waals surface area (Å²) in [4.78, 5) is 11.5. The molecule has 0 heterocycles. The smallest absolute Gasteiger partial charge is 0.253 e. The third-order valence-corrected chi connectivity index (χ3v) is 3.22. The molecule has 0 aliphatic heterocycles. The van der Waals surface area contributed by atoms with E-state index in [0.29, 0.717) is 5.56 Å². The third kappa shape index (κ3) is 3.16. The summed E-state index contributed by atoms with van der Waals surface area (Å²) >= 11 is 5.75. The van der Waals surface area contributed by atoms with Crippen molar-refractivity contribution in [1.29, 1.82) is 0 Å². The van der Waals surface area contributed by atoms with Gasteiger partial charge in [-0.2, -0.15) is 0 Å². The maximum absolute atomic E-state index is 12.8. The maximum Gasteiger partial charge on any atom is 0.253 e. The first-order valence-corrected chi connectivity index (χ1v) is 5.85. The number of alkyl halides is 2. The van der Waals surface area contributed by atoms with Crippen molar-refractivity contribution in [1.82, 2.24) is 5.32 Å². The van der Waals surface area contributed by atoms with Gasteiger partial charge in [0.1, 0.15) is 5.82 Å². The molecule has 2 rings (SSSR count). The van der Waals surface area contributed by atoms with Crippen molar-refractivity contribution in [3.8, 4) is 0 Å². The number of amides is 1. The van der Waals surface area contributed by atoms with Crippen LogP contribution in [0.5, 0.6) is 0 Å². The van der Waals surface area contributed by atoms with Gasteiger partial charge in [-0.1, -0.05) is 17.7 Å². The molecular weight excluding hydrogens is 267 g/mol. The molecule has 18 heavy (non-hydrogen) atoms. The van der Waals surface area contributed by atoms with Crippen LogP contribution in [-0.2, 0) is 11.2 Å². The summed E-state index contributed by atoms with van der Waals surface area (Å²) in [5.41, 5.74) is 0.470. The fraction of sp³-hybridized carbons (Fsp3) is 0.417. The SMILES string of the molecule is O=C(Cc1ccc(F)cc1Cl)NCC1CC1(F)F. The normalized spacial score (nSPS) is 20.6. The Kier molecular flexibility index (Phi) is 3.52. The van der Waals surface area contributed by atoms with Gasteiger partial charge in [0.2, 0.25) is 5.91 Å². The highest BCUT2D eigenvalue weighted by Gasteiger charge is 2.56. The van der Waals surface area contributed by atoms with Crippen LogP contribution in [-0.4, -0.2) is 18.4 Å². The van der Waals surface area contributed by atoms with Gasteiger partial charge in [0.05, 0.1) is 6.42 Å². The fourth-order valence-corrected chi connectivity index (χ4v) is 1.86. The van der Waals surface area contributed by atoms with Crippen LogP contribution in [0.4, 0.5) is 13.2 Å². The van der Waals surface area contributed by atoms with Gasteiger partial charge in [-0.25, -0.2) is 13.2 Å². The number of hydrogen-bond acceptors (Lipinski definition) is 1. The molecule has 1 amide bonds. The summed E-state index contributed by atoms with van der Waals surface area (Å²) in [6, 6.07) is 3.71. The molecule has 1 atom stereocenters. The standard InChI is InChI=1S/C12H11ClF3NO/c13-10-4-9(14)2-1-7(10)3-11(18)17-6-8-5-12(8,15)16/h1-2,4,8H,3,5-6H2,(H,17,18). The second-order valence-corrected chi connectivity index (χ2v) is 4.79. The molecule has 0 aromatic heterocycles. The van der Waals surface area contributed by atoms with E-state index in [1.165, 1.54) is 12.1 Å². The van der Waals surface area contributed by atoms with Gasteiger partial charge in [-0.05, 0) is 17.7 Å². The number of carbonyl (C=O) groups is 1. The average Bonchev–Trinajstić information content (AvgIpc) is 2.88. The summed E-state index contributed by atoms with van der Waals surface area (Å²) in [7, 11) is 0. The number of carbonyl (C=O) groups excluding carboxylic acids is 1. The van der Waals surface area contributed by atoms with Crippen LogP contribution in [0.1, 0.15) is 12.0 Å². The molecule has 98 valence electrons. The zero-order chi connectivity index (χ0) is 13.3. The summed E-state index contributed by atoms with van der Waals surface area (Å²) in [6.07, 6.45) is -0.220. The Morgan fingerprint density at radius 2 is 2.17 bits per heavy atom. The Labute approximate surface area is 107 Å². The van der Waals surface area contributed by atoms with Crippen LogP contribution >= 0.6 is 11.6 Å². The fourth-order valence-electron chi connectivity index (χ4n) is 1.63. The van der Waals surface area contributed by atoms with Crippen LogP contribution in [0.3, 0.4) is 0 Å². The van der Waals surface area contributed by atoms with Crippen LogP contribution in [0.15, 0.2) is 18.2 Å². The van der Waals surface area contributed by atoms with Gasteiger partial charge >= 0.3 is 0 Å². The molecule has 1 N–H and O–H groups in total. The van der Waals surface area contributed by atoms with E-state index in [1.807, 2.05) is 0 Å². The van der Waals surface area contributed by atoms with Gasteiger partial charge in [0.15, 0.2) is 0 Å². The second-order valence-electron chi connectivity index (χ2n) is 4.38. The van der Waals surface area contributed by atoms with E-state index in [0.717, 1.165) is 6.07 Å². The Balaban J connectivity index is 1.84. The highest BCUT2D eigenvalue weighted by atomic mass is 35.5. The third-order valence-electron chi connectivity index (χ3n) is 2.87. The summed E-state index contributed by atoms with van der Waals surface area (Å²) in [5.74, 6) is -4.28. The van der Waals surface area contributed by atoms with E-state index in [4.69, 9.17) is 11.6 Å². The molecule has 6 heteroatoms. The van der Waals surface area contributed by atoms with Crippen molar-refractivity contribution < 1.29 is 18.0 Å². The largest absolute Gasteiger partial charge is 0.355 e. The van der Waals surface area contributed by atoms with E-state index in [2.05, 4.69) is 5.32 Å². The minimum Gasteiger partial charge on any atom is -0.355 e. The highest BCUT2D eigenvalue weighted by Crippen LogP contribution is 2.47. The van der Waals surface area contributed by atoms with Gasteiger partial charge < -0.3 is 5.32 Å². The number of rotatable bonds is 4. The molecule has 0 saturated heterocycles. The first kappa shape index (κ1) is 13.2. The van der Waals surface area contributed by atoms with Crippen LogP contribution < -0.4 is 5.32 Å². The molecule has 1 aromatic rings. The predicted octanol–water partition coefficient (Wildman–Crippen LogP) is 2.79. The van der Waals surface area contributed by atoms with Crippen molar-refractivity contribution in [3.63, 3.8) is 0 Å². The highest BCUT2D eigenvalue weighted by molar-refractivity contribution is 6.31. The maximum atomic E-state index is 12.8. The molecule has 2 nitrogen and oxygen atoms in total. The lowest BCUT2D eigenvalue weighted by Crippen LogP contribution is -2.28. The second kappa shape index (κ2) is 4.80. The van der Waals surface area contributed by atoms with Crippen molar-refractivity contribution in [3.05, 3.63) is 34.6 Å². The molecule has 1 aliphatic rings. The Morgan fingerprint density at radius 1 is 1.50 bits per heavy atom. The molecule has 0 spiro atoms. The first-order chi connectivity index (χ1) is 8.38. The van der Waals surface area contributed by atoms with Gasteiger partial charge in [-0.15, -0.1) is 0 Å². The van der Waals surface area contributed by atoms with Crippen LogP contribution in [0, 0.1) is 11.7 Å². The lowest BCUT2D eigenvalue weighted by molar-refractivity contribution is -0.120. The van der Waals surface area contributed by atoms with Crippen molar-refractivity contribution in [2.45, 2.75) is 18.8 Å². The zero-order valence-corrected chi connectivity index (χ0v) is 10.1. The quantitative estimate of drug-likeness (QED) is 0.901. The molecule has 1 aliphatic carbocycles. The monoisotopic (exact) mass is 277 g/mol. The lowest BCUT2D eigenvalue weighted by Gasteiger charge is -2.06. The lowest BCUT2D eigenvalue weighted by atomic mass is 10.1. The molecule has 1 saturated carbocycles. The Hall–Kier alpha value is -1.23. The molecule has 1 fully saturated rings. The zero-order valence-electron chi connectivity index (χ0n) is 9.35. The summed E-state index contributed by atoms with van der Waals surface area (Å²) in [6.45, 7) is -0.0371. The van der Waals surface area contributed by atoms with Crippen molar-refractivity contribution in [2.24, 2.45) is 5.92 Å². The average molecular weight is 278 g/mol. The number of hydrogen-bond donors (Lipinski definition) is 1. The van der Waals surface area contributed by atoms with Crippen LogP contribution in [0.2, 0.25) is 5.02 Å². The van der Waals surface area contributed by atoms with E-state index in [-0.39, 0.29) is 24.4 Å². The van der Waals surface area contributed by atoms with Gasteiger partial charge in [0, 0.05) is 23.9 Å². The van der Waals surface area contributed by atoms with Crippen LogP contribution in [0.25, 0.3) is 0 Å². The topological polar surface area (TPSA) is 29.1 Å². The molecule has 1 unspecified atom stereocenters. The molecule has 1 aromatic carbocycles. The molecule has 0 radical (unpaired) electrons. The predicted molar refractivity (Wildman–Crippen MR) is 61.2 cm³/mol. The van der Waals surface area contributed by atoms with Crippen molar-refractivity contribution in [2.75, 3.05) is 6.54 Å². The van der Waals surface area contributed by atoms with Gasteiger partial charge in [-0.3, -0.25) is 4.79 Å². The summed E-state index contributed by atoms with van der Waals surface area (Å²) < 4.78 is 37.9. The number of halogens is 4. The number of benzene rings is 1. The molecule has 0 bridgehead atoms. The Morgan fingerprint density at radius 3 is 2.72 bits per heavy atom. The minimum absolute atomic E-state index is 0.0371. The first-order valence-electron chi connectivity index (χ1n) is 5.47. The van der Waals surface area contributed by atoms with E-state index < -0.39 is 23.6 Å². The van der Waals surface area contributed by atoms with E-state index in [1.54, 1.807) is 0 Å². The van der Waals surface area contributed by atoms with Gasteiger partial charge in [0.25, 0.3) is 5.92 Å².